The first kappa shape index (κ1) is 16.0. The molecular weight excluding hydrogens is 264 g/mol. The normalized spacial score (nSPS) is 16.9. The number of nitrogens with zero attached hydrogens (tertiary/aromatic N) is 1. The van der Waals surface area contributed by atoms with Gasteiger partial charge in [0, 0.05) is 25.0 Å². The summed E-state index contributed by atoms with van der Waals surface area (Å²) in [5, 5.41) is 9.18. The molecule has 4 nitrogen and oxygen atoms in total. The Morgan fingerprint density at radius 2 is 1.95 bits per heavy atom. The standard InChI is InChI=1S/C17H26N2O2/c18-16(14-6-2-1-3-7-14)10-11-17(21)19(12-13-20)15-8-4-5-9-15/h1-3,6-7,15-16,20H,4-5,8-13,18H2. The average Bonchev–Trinajstić information content (AvgIpc) is 3.04. The van der Waals surface area contributed by atoms with Crippen LogP contribution in [-0.2, 0) is 4.79 Å². The first-order chi connectivity index (χ1) is 10.2. The van der Waals surface area contributed by atoms with Crippen LogP contribution in [0.5, 0.6) is 0 Å². The van der Waals surface area contributed by atoms with Crippen molar-refractivity contribution in [1.82, 2.24) is 4.90 Å². The zero-order valence-corrected chi connectivity index (χ0v) is 12.6. The molecule has 1 saturated carbocycles. The number of carbonyl (C=O) groups excluding carboxylic acids is 1. The molecule has 0 aliphatic heterocycles. The summed E-state index contributed by atoms with van der Waals surface area (Å²) in [6.45, 7) is 0.483. The van der Waals surface area contributed by atoms with Gasteiger partial charge in [0.25, 0.3) is 0 Å². The summed E-state index contributed by atoms with van der Waals surface area (Å²) in [6.07, 6.45) is 5.60. The Bertz CT molecular complexity index is 430. The molecule has 1 aromatic carbocycles. The van der Waals surface area contributed by atoms with E-state index in [2.05, 4.69) is 0 Å². The molecule has 1 aliphatic carbocycles. The molecule has 1 atom stereocenters. The van der Waals surface area contributed by atoms with Crippen molar-refractivity contribution in [1.29, 1.82) is 0 Å². The molecule has 0 heterocycles. The van der Waals surface area contributed by atoms with E-state index >= 15 is 0 Å². The molecule has 0 saturated heterocycles. The monoisotopic (exact) mass is 290 g/mol. The summed E-state index contributed by atoms with van der Waals surface area (Å²) in [6, 6.07) is 10.1. The minimum absolute atomic E-state index is 0.0347. The number of carbonyl (C=O) groups is 1. The van der Waals surface area contributed by atoms with Crippen LogP contribution in [0.1, 0.15) is 50.1 Å². The Labute approximate surface area is 126 Å². The minimum Gasteiger partial charge on any atom is -0.395 e. The van der Waals surface area contributed by atoms with Gasteiger partial charge in [0.1, 0.15) is 0 Å². The Hall–Kier alpha value is -1.39. The van der Waals surface area contributed by atoms with E-state index in [1.165, 1.54) is 12.8 Å². The maximum Gasteiger partial charge on any atom is 0.222 e. The molecule has 3 N–H and O–H groups in total. The molecule has 0 radical (unpaired) electrons. The highest BCUT2D eigenvalue weighted by Crippen LogP contribution is 2.25. The van der Waals surface area contributed by atoms with Crippen LogP contribution in [0.4, 0.5) is 0 Å². The van der Waals surface area contributed by atoms with Crippen molar-refractivity contribution in [2.45, 2.75) is 50.6 Å². The highest BCUT2D eigenvalue weighted by Gasteiger charge is 2.26. The second-order valence-corrected chi connectivity index (χ2v) is 5.80. The van der Waals surface area contributed by atoms with E-state index in [-0.39, 0.29) is 18.6 Å². The zero-order valence-electron chi connectivity index (χ0n) is 12.6. The predicted molar refractivity (Wildman–Crippen MR) is 83.7 cm³/mol. The minimum atomic E-state index is -0.102. The van der Waals surface area contributed by atoms with Gasteiger partial charge >= 0.3 is 0 Å². The molecule has 1 aromatic rings. The van der Waals surface area contributed by atoms with Gasteiger partial charge in [0.2, 0.25) is 5.91 Å². The molecule has 0 bridgehead atoms. The van der Waals surface area contributed by atoms with Crippen molar-refractivity contribution in [3.63, 3.8) is 0 Å². The lowest BCUT2D eigenvalue weighted by Gasteiger charge is -2.29. The lowest BCUT2D eigenvalue weighted by Crippen LogP contribution is -2.40. The largest absolute Gasteiger partial charge is 0.395 e. The number of aliphatic hydroxyl groups is 1. The van der Waals surface area contributed by atoms with Crippen LogP contribution in [0.2, 0.25) is 0 Å². The number of benzene rings is 1. The van der Waals surface area contributed by atoms with E-state index in [0.717, 1.165) is 18.4 Å². The third-order valence-corrected chi connectivity index (χ3v) is 4.32. The summed E-state index contributed by atoms with van der Waals surface area (Å²) in [7, 11) is 0. The third kappa shape index (κ3) is 4.55. The van der Waals surface area contributed by atoms with Crippen LogP contribution in [0.3, 0.4) is 0 Å². The van der Waals surface area contributed by atoms with Gasteiger partial charge in [-0.3, -0.25) is 4.79 Å². The van der Waals surface area contributed by atoms with Crippen LogP contribution in [0.15, 0.2) is 30.3 Å². The second kappa shape index (κ2) is 8.15. The SMILES string of the molecule is NC(CCC(=O)N(CCO)C1CCCC1)c1ccccc1. The Balaban J connectivity index is 1.86. The number of rotatable bonds is 7. The number of amides is 1. The third-order valence-electron chi connectivity index (χ3n) is 4.32. The predicted octanol–water partition coefficient (Wildman–Crippen LogP) is 2.23. The van der Waals surface area contributed by atoms with Gasteiger partial charge in [0.05, 0.1) is 6.61 Å². The van der Waals surface area contributed by atoms with Crippen molar-refractivity contribution < 1.29 is 9.90 Å². The molecule has 0 spiro atoms. The summed E-state index contributed by atoms with van der Waals surface area (Å²) >= 11 is 0. The van der Waals surface area contributed by atoms with Gasteiger partial charge in [-0.1, -0.05) is 43.2 Å². The van der Waals surface area contributed by atoms with E-state index in [9.17, 15) is 9.90 Å². The van der Waals surface area contributed by atoms with Crippen molar-refractivity contribution >= 4 is 5.91 Å². The number of aliphatic hydroxyl groups excluding tert-OH is 1. The summed E-state index contributed by atoms with van der Waals surface area (Å²) in [5.41, 5.74) is 7.22. The van der Waals surface area contributed by atoms with Crippen LogP contribution in [0, 0.1) is 0 Å². The molecule has 21 heavy (non-hydrogen) atoms. The van der Waals surface area contributed by atoms with E-state index in [0.29, 0.717) is 25.4 Å². The van der Waals surface area contributed by atoms with Crippen LogP contribution in [0.25, 0.3) is 0 Å². The molecule has 1 fully saturated rings. The Morgan fingerprint density at radius 1 is 1.29 bits per heavy atom. The van der Waals surface area contributed by atoms with Gasteiger partial charge in [-0.25, -0.2) is 0 Å². The van der Waals surface area contributed by atoms with Crippen molar-refractivity contribution in [3.8, 4) is 0 Å². The lowest BCUT2D eigenvalue weighted by atomic mass is 10.0. The molecular formula is C17H26N2O2. The zero-order chi connectivity index (χ0) is 15.1. The number of nitrogens with two attached hydrogens (primary N) is 1. The maximum atomic E-state index is 12.4. The topological polar surface area (TPSA) is 66.6 Å². The lowest BCUT2D eigenvalue weighted by molar-refractivity contribution is -0.134. The molecule has 4 heteroatoms. The fourth-order valence-electron chi connectivity index (χ4n) is 3.12. The van der Waals surface area contributed by atoms with Crippen LogP contribution < -0.4 is 5.73 Å². The fraction of sp³-hybridized carbons (Fsp3) is 0.588. The summed E-state index contributed by atoms with van der Waals surface area (Å²) in [4.78, 5) is 14.3. The van der Waals surface area contributed by atoms with E-state index in [1.807, 2.05) is 35.2 Å². The van der Waals surface area contributed by atoms with Crippen LogP contribution >= 0.6 is 0 Å². The highest BCUT2D eigenvalue weighted by molar-refractivity contribution is 5.76. The van der Waals surface area contributed by atoms with Gasteiger partial charge in [0.15, 0.2) is 0 Å². The highest BCUT2D eigenvalue weighted by atomic mass is 16.3. The van der Waals surface area contributed by atoms with Gasteiger partial charge in [-0.2, -0.15) is 0 Å². The van der Waals surface area contributed by atoms with Gasteiger partial charge in [-0.15, -0.1) is 0 Å². The van der Waals surface area contributed by atoms with Gasteiger partial charge < -0.3 is 15.7 Å². The summed E-state index contributed by atoms with van der Waals surface area (Å²) in [5.74, 6) is 0.127. The molecule has 1 unspecified atom stereocenters. The molecule has 0 aromatic heterocycles. The van der Waals surface area contributed by atoms with Crippen LogP contribution in [-0.4, -0.2) is 35.1 Å². The molecule has 1 aliphatic rings. The summed E-state index contributed by atoms with van der Waals surface area (Å²) < 4.78 is 0. The molecule has 2 rings (SSSR count). The average molecular weight is 290 g/mol. The molecule has 1 amide bonds. The van der Waals surface area contributed by atoms with E-state index < -0.39 is 0 Å². The van der Waals surface area contributed by atoms with E-state index in [1.54, 1.807) is 0 Å². The van der Waals surface area contributed by atoms with Crippen molar-refractivity contribution in [2.24, 2.45) is 5.73 Å². The first-order valence-corrected chi connectivity index (χ1v) is 7.93. The van der Waals surface area contributed by atoms with Gasteiger partial charge in [-0.05, 0) is 24.8 Å². The van der Waals surface area contributed by atoms with Crippen molar-refractivity contribution in [3.05, 3.63) is 35.9 Å². The number of hydrogen-bond acceptors (Lipinski definition) is 3. The number of hydrogen-bond donors (Lipinski definition) is 2. The Kier molecular flexibility index (Phi) is 6.21. The smallest absolute Gasteiger partial charge is 0.222 e. The maximum absolute atomic E-state index is 12.4. The van der Waals surface area contributed by atoms with E-state index in [4.69, 9.17) is 5.73 Å². The second-order valence-electron chi connectivity index (χ2n) is 5.80. The molecule has 116 valence electrons. The van der Waals surface area contributed by atoms with Crippen molar-refractivity contribution in [2.75, 3.05) is 13.2 Å². The Morgan fingerprint density at radius 3 is 2.57 bits per heavy atom. The fourth-order valence-corrected chi connectivity index (χ4v) is 3.12. The quantitative estimate of drug-likeness (QED) is 0.809. The first-order valence-electron chi connectivity index (χ1n) is 7.93.